The topological polar surface area (TPSA) is 96.3 Å². The van der Waals surface area contributed by atoms with Crippen LogP contribution in [-0.2, 0) is 13.6 Å². The van der Waals surface area contributed by atoms with Crippen LogP contribution in [0.4, 0.5) is 11.5 Å². The molecule has 0 spiro atoms. The first-order chi connectivity index (χ1) is 9.13. The molecule has 0 aliphatic rings. The lowest BCUT2D eigenvalue weighted by Crippen LogP contribution is -2.33. The number of benzene rings is 1. The van der Waals surface area contributed by atoms with Crippen LogP contribution in [0.25, 0.3) is 0 Å². The van der Waals surface area contributed by atoms with Crippen molar-refractivity contribution >= 4 is 11.5 Å². The van der Waals surface area contributed by atoms with Crippen molar-refractivity contribution < 1.29 is 0 Å². The van der Waals surface area contributed by atoms with Gasteiger partial charge < -0.3 is 5.32 Å². The summed E-state index contributed by atoms with van der Waals surface area (Å²) in [6, 6.07) is 9.35. The van der Waals surface area contributed by atoms with Crippen molar-refractivity contribution in [3.63, 3.8) is 0 Å². The van der Waals surface area contributed by atoms with Crippen molar-refractivity contribution in [2.24, 2.45) is 12.2 Å². The van der Waals surface area contributed by atoms with E-state index in [0.29, 0.717) is 6.54 Å². The number of H-pyrrole nitrogens is 1. The minimum atomic E-state index is -0.727. The molecule has 0 atom stereocenters. The zero-order chi connectivity index (χ0) is 13.8. The van der Waals surface area contributed by atoms with Gasteiger partial charge in [0, 0.05) is 13.6 Å². The number of hydrogen-bond acceptors (Lipinski definition) is 5. The van der Waals surface area contributed by atoms with Gasteiger partial charge >= 0.3 is 5.69 Å². The first kappa shape index (κ1) is 12.7. The molecule has 98 valence electrons. The molecule has 0 radical (unpaired) electrons. The summed E-state index contributed by atoms with van der Waals surface area (Å²) in [6.45, 7) is 0.368. The molecule has 0 aliphatic carbocycles. The van der Waals surface area contributed by atoms with Crippen molar-refractivity contribution in [3.8, 4) is 0 Å². The number of aromatic amines is 1. The summed E-state index contributed by atoms with van der Waals surface area (Å²) in [5, 5.41) is 5.50. The summed E-state index contributed by atoms with van der Waals surface area (Å²) in [4.78, 5) is 36.2. The maximum Gasteiger partial charge on any atom is 0.329 e. The van der Waals surface area contributed by atoms with Gasteiger partial charge in [0.15, 0.2) is 0 Å². The van der Waals surface area contributed by atoms with Gasteiger partial charge in [-0.25, -0.2) is 4.79 Å². The zero-order valence-electron chi connectivity index (χ0n) is 10.2. The molecule has 0 aliphatic heterocycles. The minimum absolute atomic E-state index is 0.0342. The van der Waals surface area contributed by atoms with Gasteiger partial charge in [-0.05, 0) is 10.7 Å². The van der Waals surface area contributed by atoms with Gasteiger partial charge in [0.1, 0.15) is 5.82 Å². The number of hydrogen-bond donors (Lipinski definition) is 2. The lowest BCUT2D eigenvalue weighted by atomic mass is 10.2. The predicted octanol–water partition coefficient (Wildman–Crippen LogP) is 1.08. The van der Waals surface area contributed by atoms with Crippen LogP contribution in [0.5, 0.6) is 0 Å². The predicted molar refractivity (Wildman–Crippen MR) is 71.5 cm³/mol. The van der Waals surface area contributed by atoms with E-state index < -0.39 is 11.2 Å². The molecule has 1 aromatic heterocycles. The molecule has 7 heteroatoms. The Bertz CT molecular complexity index is 703. The summed E-state index contributed by atoms with van der Waals surface area (Å²) in [5.41, 5.74) is -0.721. The average molecular weight is 260 g/mol. The van der Waals surface area contributed by atoms with Crippen LogP contribution in [0.1, 0.15) is 5.56 Å². The van der Waals surface area contributed by atoms with Gasteiger partial charge in [-0.2, -0.15) is 0 Å². The highest BCUT2D eigenvalue weighted by Crippen LogP contribution is 2.15. The van der Waals surface area contributed by atoms with E-state index in [1.165, 1.54) is 7.05 Å². The van der Waals surface area contributed by atoms with Gasteiger partial charge in [0.05, 0.1) is 0 Å². The lowest BCUT2D eigenvalue weighted by Gasteiger charge is -2.08. The monoisotopic (exact) mass is 260 g/mol. The molecule has 0 bridgehead atoms. The third-order valence-electron chi connectivity index (χ3n) is 2.68. The molecule has 2 rings (SSSR count). The molecule has 0 amide bonds. The zero-order valence-corrected chi connectivity index (χ0v) is 10.2. The third kappa shape index (κ3) is 2.59. The van der Waals surface area contributed by atoms with E-state index in [-0.39, 0.29) is 11.5 Å². The highest BCUT2D eigenvalue weighted by atomic mass is 16.3. The van der Waals surface area contributed by atoms with E-state index in [1.54, 1.807) is 0 Å². The fraction of sp³-hybridized carbons (Fsp3) is 0.167. The summed E-state index contributed by atoms with van der Waals surface area (Å²) >= 11 is 0. The Balaban J connectivity index is 2.33. The van der Waals surface area contributed by atoms with Crippen LogP contribution in [0, 0.1) is 4.91 Å². The van der Waals surface area contributed by atoms with Crippen molar-refractivity contribution in [2.75, 3.05) is 5.32 Å². The highest BCUT2D eigenvalue weighted by molar-refractivity contribution is 5.58. The first-order valence-corrected chi connectivity index (χ1v) is 5.58. The van der Waals surface area contributed by atoms with E-state index in [1.807, 2.05) is 30.3 Å². The van der Waals surface area contributed by atoms with Gasteiger partial charge in [0.2, 0.25) is 5.69 Å². The van der Waals surface area contributed by atoms with Gasteiger partial charge in [0.25, 0.3) is 5.56 Å². The Morgan fingerprint density at radius 3 is 2.58 bits per heavy atom. The van der Waals surface area contributed by atoms with Crippen LogP contribution in [0.15, 0.2) is 45.1 Å². The second-order valence-electron chi connectivity index (χ2n) is 3.95. The Morgan fingerprint density at radius 2 is 1.95 bits per heavy atom. The lowest BCUT2D eigenvalue weighted by molar-refractivity contribution is 0.776. The smallest absolute Gasteiger partial charge is 0.329 e. The Kier molecular flexibility index (Phi) is 3.56. The molecule has 0 saturated carbocycles. The maximum absolute atomic E-state index is 11.7. The molecule has 0 saturated heterocycles. The van der Waals surface area contributed by atoms with E-state index in [0.717, 1.165) is 10.1 Å². The van der Waals surface area contributed by atoms with Crippen LogP contribution in [0.3, 0.4) is 0 Å². The van der Waals surface area contributed by atoms with Gasteiger partial charge in [-0.3, -0.25) is 14.3 Å². The molecule has 19 heavy (non-hydrogen) atoms. The number of rotatable bonds is 4. The molecular weight excluding hydrogens is 248 g/mol. The standard InChI is InChI=1S/C12H12N4O3/c1-16-11(17)9(15-19)10(14-12(16)18)13-7-8-5-3-2-4-6-8/h2-6,13H,7H2,1H3,(H,14,18). The normalized spacial score (nSPS) is 10.2. The Hall–Kier alpha value is -2.70. The summed E-state index contributed by atoms with van der Waals surface area (Å²) < 4.78 is 0.796. The van der Waals surface area contributed by atoms with E-state index in [4.69, 9.17) is 0 Å². The van der Waals surface area contributed by atoms with E-state index in [9.17, 15) is 14.5 Å². The third-order valence-corrected chi connectivity index (χ3v) is 2.68. The maximum atomic E-state index is 11.7. The average Bonchev–Trinajstić information content (AvgIpc) is 2.44. The fourth-order valence-electron chi connectivity index (χ4n) is 1.61. The van der Waals surface area contributed by atoms with Crippen molar-refractivity contribution in [3.05, 3.63) is 61.6 Å². The van der Waals surface area contributed by atoms with Gasteiger partial charge in [-0.15, -0.1) is 4.91 Å². The van der Waals surface area contributed by atoms with E-state index in [2.05, 4.69) is 15.5 Å². The summed E-state index contributed by atoms with van der Waals surface area (Å²) in [6.07, 6.45) is 0. The molecule has 2 aromatic rings. The van der Waals surface area contributed by atoms with Crippen molar-refractivity contribution in [1.29, 1.82) is 0 Å². The number of anilines is 1. The van der Waals surface area contributed by atoms with Crippen LogP contribution in [0.2, 0.25) is 0 Å². The molecular formula is C12H12N4O3. The second kappa shape index (κ2) is 5.30. The van der Waals surface area contributed by atoms with Gasteiger partial charge in [-0.1, -0.05) is 30.3 Å². The molecule has 7 nitrogen and oxygen atoms in total. The van der Waals surface area contributed by atoms with Crippen molar-refractivity contribution in [2.45, 2.75) is 6.54 Å². The molecule has 1 heterocycles. The number of aromatic nitrogens is 2. The van der Waals surface area contributed by atoms with Crippen molar-refractivity contribution in [1.82, 2.24) is 9.55 Å². The Morgan fingerprint density at radius 1 is 1.26 bits per heavy atom. The first-order valence-electron chi connectivity index (χ1n) is 5.58. The number of nitrogens with zero attached hydrogens (tertiary/aromatic N) is 2. The van der Waals surface area contributed by atoms with Crippen LogP contribution >= 0.6 is 0 Å². The fourth-order valence-corrected chi connectivity index (χ4v) is 1.61. The SMILES string of the molecule is Cn1c(=O)[nH]c(NCc2ccccc2)c(N=O)c1=O. The largest absolute Gasteiger partial charge is 0.365 e. The van der Waals surface area contributed by atoms with E-state index >= 15 is 0 Å². The van der Waals surface area contributed by atoms with Crippen LogP contribution in [-0.4, -0.2) is 9.55 Å². The number of nitrogens with one attached hydrogen (secondary N) is 2. The minimum Gasteiger partial charge on any atom is -0.365 e. The molecule has 0 unspecified atom stereocenters. The number of nitroso groups, excluding NO2 is 1. The Labute approximate surface area is 107 Å². The molecule has 1 aromatic carbocycles. The quantitative estimate of drug-likeness (QED) is 0.804. The summed E-state index contributed by atoms with van der Waals surface area (Å²) in [7, 11) is 1.27. The molecule has 0 fully saturated rings. The second-order valence-corrected chi connectivity index (χ2v) is 3.95. The highest BCUT2D eigenvalue weighted by Gasteiger charge is 2.12. The summed E-state index contributed by atoms with van der Waals surface area (Å²) in [5.74, 6) is 0.0342. The molecule has 2 N–H and O–H groups in total. The van der Waals surface area contributed by atoms with Crippen LogP contribution < -0.4 is 16.6 Å².